The number of hydrogen-bond acceptors (Lipinski definition) is 6. The number of aliphatic imine (C=N–C) groups is 1. The van der Waals surface area contributed by atoms with E-state index < -0.39 is 29.5 Å². The van der Waals surface area contributed by atoms with E-state index in [1.165, 1.54) is 23.7 Å². The lowest BCUT2D eigenvalue weighted by Gasteiger charge is -2.11. The highest BCUT2D eigenvalue weighted by molar-refractivity contribution is 5.88. The standard InChI is InChI=1S/C18H18F3N3O5/c1-10(25)6-7-24-16(26)13-9-14(22-15(13)23(2)17(24)27)28-11-4-3-5-12(8-11)29-18(19,20)21/h3-5,8,10,25H,6-7,9H2,1-2H3. The summed E-state index contributed by atoms with van der Waals surface area (Å²) in [5.41, 5.74) is -0.893. The van der Waals surface area contributed by atoms with Gasteiger partial charge in [0.2, 0.25) is 5.90 Å². The van der Waals surface area contributed by atoms with Gasteiger partial charge in [-0.25, -0.2) is 4.79 Å². The molecule has 0 fully saturated rings. The van der Waals surface area contributed by atoms with Crippen LogP contribution in [0.25, 0.3) is 0 Å². The summed E-state index contributed by atoms with van der Waals surface area (Å²) in [6.45, 7) is 1.60. The predicted octanol–water partition coefficient (Wildman–Crippen LogP) is 1.88. The molecule has 8 nitrogen and oxygen atoms in total. The Balaban J connectivity index is 1.85. The number of fused-ring (bicyclic) bond motifs is 1. The average Bonchev–Trinajstić information content (AvgIpc) is 3.02. The number of aliphatic hydroxyl groups is 1. The van der Waals surface area contributed by atoms with Gasteiger partial charge in [0.25, 0.3) is 5.56 Å². The smallest absolute Gasteiger partial charge is 0.442 e. The number of aliphatic hydroxyl groups excluding tert-OH is 1. The first-order chi connectivity index (χ1) is 13.5. The maximum atomic E-state index is 12.6. The lowest BCUT2D eigenvalue weighted by atomic mass is 10.2. The van der Waals surface area contributed by atoms with Gasteiger partial charge in [0, 0.05) is 19.7 Å². The third kappa shape index (κ3) is 4.67. The first-order valence-electron chi connectivity index (χ1n) is 8.67. The summed E-state index contributed by atoms with van der Waals surface area (Å²) < 4.78 is 48.6. The number of benzene rings is 1. The monoisotopic (exact) mass is 413 g/mol. The van der Waals surface area contributed by atoms with Crippen molar-refractivity contribution in [1.29, 1.82) is 0 Å². The van der Waals surface area contributed by atoms with E-state index in [9.17, 15) is 27.9 Å². The van der Waals surface area contributed by atoms with Crippen LogP contribution in [0, 0.1) is 0 Å². The number of aromatic nitrogens is 2. The zero-order chi connectivity index (χ0) is 21.3. The van der Waals surface area contributed by atoms with Gasteiger partial charge < -0.3 is 14.6 Å². The number of rotatable bonds is 5. The minimum absolute atomic E-state index is 0.0265. The van der Waals surface area contributed by atoms with Crippen molar-refractivity contribution in [2.45, 2.75) is 38.8 Å². The van der Waals surface area contributed by atoms with Gasteiger partial charge in [0.1, 0.15) is 17.3 Å². The molecule has 2 heterocycles. The fourth-order valence-electron chi connectivity index (χ4n) is 2.87. The van der Waals surface area contributed by atoms with E-state index in [1.807, 2.05) is 0 Å². The van der Waals surface area contributed by atoms with Crippen LogP contribution in [0.3, 0.4) is 0 Å². The average molecular weight is 413 g/mol. The van der Waals surface area contributed by atoms with Crippen LogP contribution in [0.1, 0.15) is 18.9 Å². The van der Waals surface area contributed by atoms with Gasteiger partial charge in [-0.05, 0) is 25.5 Å². The Hall–Kier alpha value is -3.08. The Bertz CT molecular complexity index is 1070. The van der Waals surface area contributed by atoms with Crippen molar-refractivity contribution in [3.63, 3.8) is 0 Å². The van der Waals surface area contributed by atoms with Crippen LogP contribution in [0.15, 0.2) is 38.8 Å². The molecule has 29 heavy (non-hydrogen) atoms. The van der Waals surface area contributed by atoms with Crippen LogP contribution >= 0.6 is 0 Å². The topological polar surface area (TPSA) is 95.1 Å². The number of halogens is 3. The van der Waals surface area contributed by atoms with Crippen molar-refractivity contribution < 1.29 is 27.8 Å². The van der Waals surface area contributed by atoms with Crippen molar-refractivity contribution >= 4 is 11.7 Å². The molecule has 0 radical (unpaired) electrons. The predicted molar refractivity (Wildman–Crippen MR) is 96.8 cm³/mol. The summed E-state index contributed by atoms with van der Waals surface area (Å²) in [6, 6.07) is 4.89. The third-order valence-electron chi connectivity index (χ3n) is 4.21. The molecule has 0 saturated heterocycles. The highest BCUT2D eigenvalue weighted by atomic mass is 19.4. The second-order valence-electron chi connectivity index (χ2n) is 6.55. The zero-order valence-electron chi connectivity index (χ0n) is 15.6. The van der Waals surface area contributed by atoms with Gasteiger partial charge >= 0.3 is 12.1 Å². The lowest BCUT2D eigenvalue weighted by Crippen LogP contribution is -2.40. The van der Waals surface area contributed by atoms with Gasteiger partial charge in [0.05, 0.1) is 18.1 Å². The number of hydrogen-bond donors (Lipinski definition) is 1. The third-order valence-corrected chi connectivity index (χ3v) is 4.21. The Kier molecular flexibility index (Phi) is 5.51. The van der Waals surface area contributed by atoms with Gasteiger partial charge in [-0.2, -0.15) is 4.99 Å². The highest BCUT2D eigenvalue weighted by Crippen LogP contribution is 2.28. The van der Waals surface area contributed by atoms with Crippen molar-refractivity contribution in [3.05, 3.63) is 50.7 Å². The minimum Gasteiger partial charge on any atom is -0.442 e. The van der Waals surface area contributed by atoms with Crippen molar-refractivity contribution in [2.24, 2.45) is 12.0 Å². The molecular formula is C18H18F3N3O5. The van der Waals surface area contributed by atoms with E-state index in [0.717, 1.165) is 16.7 Å². The molecule has 2 aromatic rings. The van der Waals surface area contributed by atoms with E-state index in [2.05, 4.69) is 9.73 Å². The van der Waals surface area contributed by atoms with E-state index >= 15 is 0 Å². The fourth-order valence-corrected chi connectivity index (χ4v) is 2.87. The molecule has 0 bridgehead atoms. The van der Waals surface area contributed by atoms with Gasteiger partial charge in [-0.3, -0.25) is 13.9 Å². The number of alkyl halides is 3. The quantitative estimate of drug-likeness (QED) is 0.808. The van der Waals surface area contributed by atoms with Crippen LogP contribution in [-0.4, -0.2) is 32.6 Å². The number of ether oxygens (including phenoxy) is 2. The molecule has 1 unspecified atom stereocenters. The second-order valence-corrected chi connectivity index (χ2v) is 6.55. The summed E-state index contributed by atoms with van der Waals surface area (Å²) in [5, 5.41) is 9.41. The molecule has 0 aliphatic carbocycles. The Morgan fingerprint density at radius 1 is 1.28 bits per heavy atom. The van der Waals surface area contributed by atoms with Crippen LogP contribution in [0.2, 0.25) is 0 Å². The SMILES string of the molecule is CC(O)CCn1c(=O)c2c(n(C)c1=O)N=C(Oc1cccc(OC(F)(F)F)c1)C2. The van der Waals surface area contributed by atoms with Crippen molar-refractivity contribution in [3.8, 4) is 11.5 Å². The summed E-state index contributed by atoms with van der Waals surface area (Å²) >= 11 is 0. The van der Waals surface area contributed by atoms with Gasteiger partial charge in [-0.15, -0.1) is 13.2 Å². The van der Waals surface area contributed by atoms with E-state index in [1.54, 1.807) is 6.92 Å². The second kappa shape index (κ2) is 7.74. The first kappa shape index (κ1) is 20.6. The van der Waals surface area contributed by atoms with Gasteiger partial charge in [-0.1, -0.05) is 6.07 Å². The highest BCUT2D eigenvalue weighted by Gasteiger charge is 2.31. The normalized spacial score (nSPS) is 14.3. The molecule has 0 spiro atoms. The van der Waals surface area contributed by atoms with E-state index in [4.69, 9.17) is 4.74 Å². The molecule has 11 heteroatoms. The maximum Gasteiger partial charge on any atom is 0.573 e. The van der Waals surface area contributed by atoms with Gasteiger partial charge in [0.15, 0.2) is 0 Å². The largest absolute Gasteiger partial charge is 0.573 e. The molecule has 1 aromatic carbocycles. The zero-order valence-corrected chi connectivity index (χ0v) is 15.6. The molecule has 3 rings (SSSR count). The molecule has 1 N–H and O–H groups in total. The lowest BCUT2D eigenvalue weighted by molar-refractivity contribution is -0.274. The Labute approximate surface area is 162 Å². The molecule has 1 aliphatic rings. The summed E-state index contributed by atoms with van der Waals surface area (Å²) in [4.78, 5) is 29.2. The van der Waals surface area contributed by atoms with Crippen molar-refractivity contribution in [1.82, 2.24) is 9.13 Å². The van der Waals surface area contributed by atoms with Crippen LogP contribution in [-0.2, 0) is 20.0 Å². The summed E-state index contributed by atoms with van der Waals surface area (Å²) in [5.74, 6) is -0.229. The van der Waals surface area contributed by atoms with Crippen molar-refractivity contribution in [2.75, 3.05) is 0 Å². The van der Waals surface area contributed by atoms with E-state index in [0.29, 0.717) is 0 Å². The first-order valence-corrected chi connectivity index (χ1v) is 8.67. The summed E-state index contributed by atoms with van der Waals surface area (Å²) in [7, 11) is 1.45. The minimum atomic E-state index is -4.84. The summed E-state index contributed by atoms with van der Waals surface area (Å²) in [6.07, 6.45) is -5.32. The molecule has 156 valence electrons. The molecule has 0 saturated carbocycles. The molecule has 1 atom stereocenters. The van der Waals surface area contributed by atoms with Crippen LogP contribution in [0.4, 0.5) is 19.0 Å². The van der Waals surface area contributed by atoms with E-state index in [-0.39, 0.29) is 42.4 Å². The maximum absolute atomic E-state index is 12.6. The van der Waals surface area contributed by atoms with Crippen LogP contribution in [0.5, 0.6) is 11.5 Å². The fraction of sp³-hybridized carbons (Fsp3) is 0.389. The molecular weight excluding hydrogens is 395 g/mol. The molecule has 1 aliphatic heterocycles. The molecule has 0 amide bonds. The van der Waals surface area contributed by atoms with Crippen LogP contribution < -0.4 is 20.7 Å². The Morgan fingerprint density at radius 3 is 2.62 bits per heavy atom. The Morgan fingerprint density at radius 2 is 1.97 bits per heavy atom. The molecule has 1 aromatic heterocycles. The number of nitrogens with zero attached hydrogens (tertiary/aromatic N) is 3.